The van der Waals surface area contributed by atoms with E-state index in [-0.39, 0.29) is 0 Å². The molecule has 0 unspecified atom stereocenters. The van der Waals surface area contributed by atoms with Crippen molar-refractivity contribution in [2.45, 2.75) is 13.3 Å². The fourth-order valence-corrected chi connectivity index (χ4v) is 2.81. The molecule has 2 aromatic rings. The van der Waals surface area contributed by atoms with E-state index in [1.54, 1.807) is 0 Å². The predicted octanol–water partition coefficient (Wildman–Crippen LogP) is 4.03. The van der Waals surface area contributed by atoms with Gasteiger partial charge in [-0.05, 0) is 71.2 Å². The molecule has 0 amide bonds. The lowest BCUT2D eigenvalue weighted by molar-refractivity contribution is 0.967. The number of anilines is 2. The minimum atomic E-state index is 0.680. The molecule has 2 rings (SSSR count). The van der Waals surface area contributed by atoms with E-state index in [9.17, 15) is 0 Å². The zero-order valence-corrected chi connectivity index (χ0v) is 12.9. The molecule has 2 N–H and O–H groups in total. The lowest BCUT2D eigenvalue weighted by atomic mass is 10.1. The van der Waals surface area contributed by atoms with Crippen molar-refractivity contribution in [2.75, 3.05) is 18.5 Å². The number of nitrogens with zero attached hydrogens (tertiary/aromatic N) is 1. The Balaban J connectivity index is 2.31. The van der Waals surface area contributed by atoms with Gasteiger partial charge in [0, 0.05) is 17.2 Å². The minimum Gasteiger partial charge on any atom is -0.344 e. The largest absolute Gasteiger partial charge is 0.344 e. The summed E-state index contributed by atoms with van der Waals surface area (Å²) < 4.78 is 1.10. The van der Waals surface area contributed by atoms with Crippen LogP contribution >= 0.6 is 15.9 Å². The van der Waals surface area contributed by atoms with Gasteiger partial charge in [0.15, 0.2) is 0 Å². The van der Waals surface area contributed by atoms with Crippen LogP contribution in [0.5, 0.6) is 0 Å². The predicted molar refractivity (Wildman–Crippen MR) is 86.1 cm³/mol. The van der Waals surface area contributed by atoms with Crippen molar-refractivity contribution in [3.05, 3.63) is 58.1 Å². The highest BCUT2D eigenvalue weighted by Gasteiger charge is 2.08. The average Bonchev–Trinajstić information content (AvgIpc) is 2.38. The van der Waals surface area contributed by atoms with Crippen molar-refractivity contribution in [3.8, 4) is 0 Å². The Bertz CT molecular complexity index is 566. The van der Waals surface area contributed by atoms with Gasteiger partial charge in [0.05, 0.1) is 5.69 Å². The molecule has 0 aliphatic carbocycles. The van der Waals surface area contributed by atoms with Crippen molar-refractivity contribution in [1.82, 2.24) is 0 Å². The van der Waals surface area contributed by atoms with Gasteiger partial charge in [-0.15, -0.1) is 0 Å². The quantitative estimate of drug-likeness (QED) is 0.922. The third-order valence-electron chi connectivity index (χ3n) is 3.20. The number of hydrogen-bond acceptors (Lipinski definition) is 2. The average molecular weight is 319 g/mol. The Morgan fingerprint density at radius 1 is 1.16 bits per heavy atom. The van der Waals surface area contributed by atoms with Crippen LogP contribution in [0.4, 0.5) is 11.4 Å². The second kappa shape index (κ2) is 6.22. The van der Waals surface area contributed by atoms with Crippen LogP contribution in [-0.4, -0.2) is 13.6 Å². The van der Waals surface area contributed by atoms with E-state index in [0.29, 0.717) is 6.54 Å². The fraction of sp³-hybridized carbons (Fsp3) is 0.250. The molecule has 100 valence electrons. The second-order valence-corrected chi connectivity index (χ2v) is 5.58. The van der Waals surface area contributed by atoms with Crippen LogP contribution in [0.15, 0.2) is 46.9 Å². The van der Waals surface area contributed by atoms with E-state index >= 15 is 0 Å². The van der Waals surface area contributed by atoms with Gasteiger partial charge in [-0.3, -0.25) is 0 Å². The van der Waals surface area contributed by atoms with Crippen molar-refractivity contribution in [2.24, 2.45) is 5.73 Å². The van der Waals surface area contributed by atoms with E-state index in [1.807, 2.05) is 0 Å². The summed E-state index contributed by atoms with van der Waals surface area (Å²) in [5.41, 5.74) is 10.5. The first-order valence-corrected chi connectivity index (χ1v) is 7.20. The molecule has 19 heavy (non-hydrogen) atoms. The molecule has 0 fully saturated rings. The van der Waals surface area contributed by atoms with Gasteiger partial charge in [0.2, 0.25) is 0 Å². The number of hydrogen-bond donors (Lipinski definition) is 1. The smallest absolute Gasteiger partial charge is 0.0552 e. The van der Waals surface area contributed by atoms with E-state index in [1.165, 1.54) is 16.8 Å². The Hall–Kier alpha value is -1.32. The summed E-state index contributed by atoms with van der Waals surface area (Å²) in [5, 5.41) is 0. The molecule has 0 radical (unpaired) electrons. The molecule has 0 heterocycles. The second-order valence-electron chi connectivity index (χ2n) is 4.72. The van der Waals surface area contributed by atoms with Gasteiger partial charge in [0.1, 0.15) is 0 Å². The number of halogens is 1. The van der Waals surface area contributed by atoms with E-state index in [2.05, 4.69) is 77.3 Å². The van der Waals surface area contributed by atoms with Gasteiger partial charge in [-0.1, -0.05) is 18.2 Å². The number of aryl methyl sites for hydroxylation is 1. The third-order valence-corrected chi connectivity index (χ3v) is 3.83. The molecule has 2 aromatic carbocycles. The van der Waals surface area contributed by atoms with Crippen molar-refractivity contribution >= 4 is 27.3 Å². The zero-order valence-electron chi connectivity index (χ0n) is 11.4. The Labute approximate surface area is 123 Å². The summed E-state index contributed by atoms with van der Waals surface area (Å²) in [6.07, 6.45) is 0.910. The van der Waals surface area contributed by atoms with Crippen molar-refractivity contribution in [1.29, 1.82) is 0 Å². The van der Waals surface area contributed by atoms with Crippen molar-refractivity contribution in [3.63, 3.8) is 0 Å². The van der Waals surface area contributed by atoms with Crippen LogP contribution in [0, 0.1) is 6.92 Å². The molecule has 3 heteroatoms. The summed E-state index contributed by atoms with van der Waals surface area (Å²) in [6.45, 7) is 2.79. The monoisotopic (exact) mass is 318 g/mol. The molecule has 0 aliphatic rings. The summed E-state index contributed by atoms with van der Waals surface area (Å²) in [5.74, 6) is 0. The number of rotatable bonds is 4. The highest BCUT2D eigenvalue weighted by Crippen LogP contribution is 2.31. The van der Waals surface area contributed by atoms with Gasteiger partial charge in [-0.2, -0.15) is 0 Å². The van der Waals surface area contributed by atoms with E-state index in [0.717, 1.165) is 16.6 Å². The Morgan fingerprint density at radius 2 is 1.95 bits per heavy atom. The summed E-state index contributed by atoms with van der Waals surface area (Å²) in [6, 6.07) is 14.9. The van der Waals surface area contributed by atoms with Crippen LogP contribution in [-0.2, 0) is 6.42 Å². The lowest BCUT2D eigenvalue weighted by Gasteiger charge is -2.22. The van der Waals surface area contributed by atoms with Gasteiger partial charge >= 0.3 is 0 Å². The Kier molecular flexibility index (Phi) is 4.61. The zero-order chi connectivity index (χ0) is 13.8. The van der Waals surface area contributed by atoms with Gasteiger partial charge in [0.25, 0.3) is 0 Å². The maximum Gasteiger partial charge on any atom is 0.0552 e. The minimum absolute atomic E-state index is 0.680. The lowest BCUT2D eigenvalue weighted by Crippen LogP contribution is -2.10. The van der Waals surface area contributed by atoms with E-state index < -0.39 is 0 Å². The number of benzene rings is 2. The summed E-state index contributed by atoms with van der Waals surface area (Å²) in [7, 11) is 2.08. The molecule has 0 aromatic heterocycles. The van der Waals surface area contributed by atoms with Crippen LogP contribution < -0.4 is 10.6 Å². The topological polar surface area (TPSA) is 29.3 Å². The van der Waals surface area contributed by atoms with Crippen molar-refractivity contribution < 1.29 is 0 Å². The fourth-order valence-electron chi connectivity index (χ4n) is 2.12. The van der Waals surface area contributed by atoms with Crippen LogP contribution in [0.3, 0.4) is 0 Å². The summed E-state index contributed by atoms with van der Waals surface area (Å²) in [4.78, 5) is 2.18. The molecular weight excluding hydrogens is 300 g/mol. The SMILES string of the molecule is Cc1cccc(N(C)c2ccc(CCN)cc2Br)c1. The maximum atomic E-state index is 5.59. The van der Waals surface area contributed by atoms with Gasteiger partial charge in [-0.25, -0.2) is 0 Å². The molecule has 0 saturated carbocycles. The molecule has 0 aliphatic heterocycles. The van der Waals surface area contributed by atoms with Gasteiger partial charge < -0.3 is 10.6 Å². The first-order valence-electron chi connectivity index (χ1n) is 6.40. The molecular formula is C16H19BrN2. The van der Waals surface area contributed by atoms with Crippen LogP contribution in [0.1, 0.15) is 11.1 Å². The molecule has 0 bridgehead atoms. The Morgan fingerprint density at radius 3 is 2.58 bits per heavy atom. The first-order chi connectivity index (χ1) is 9.11. The van der Waals surface area contributed by atoms with Crippen LogP contribution in [0.2, 0.25) is 0 Å². The molecule has 0 saturated heterocycles. The van der Waals surface area contributed by atoms with E-state index in [4.69, 9.17) is 5.73 Å². The number of nitrogens with two attached hydrogens (primary N) is 1. The molecule has 2 nitrogen and oxygen atoms in total. The van der Waals surface area contributed by atoms with Crippen LogP contribution in [0.25, 0.3) is 0 Å². The maximum absolute atomic E-state index is 5.59. The molecule has 0 spiro atoms. The standard InChI is InChI=1S/C16H19BrN2/c1-12-4-3-5-14(10-12)19(2)16-7-6-13(8-9-18)11-15(16)17/h3-7,10-11H,8-9,18H2,1-2H3. The third kappa shape index (κ3) is 3.37. The summed E-state index contributed by atoms with van der Waals surface area (Å²) >= 11 is 3.65. The molecule has 0 atom stereocenters. The highest BCUT2D eigenvalue weighted by molar-refractivity contribution is 9.10. The highest BCUT2D eigenvalue weighted by atomic mass is 79.9. The normalized spacial score (nSPS) is 10.5. The first kappa shape index (κ1) is 14.1.